The quantitative estimate of drug-likeness (QED) is 0.411. The highest BCUT2D eigenvalue weighted by Crippen LogP contribution is 2.19. The zero-order chi connectivity index (χ0) is 9.14. The number of hydrogen-bond acceptors (Lipinski definition) is 2. The first-order chi connectivity index (χ1) is 5.65. The molecule has 3 heteroatoms. The van der Waals surface area contributed by atoms with Crippen molar-refractivity contribution in [2.45, 2.75) is 0 Å². The Morgan fingerprint density at radius 3 is 2.83 bits per heavy atom. The Morgan fingerprint density at radius 1 is 1.58 bits per heavy atom. The fraction of sp³-hybridized carbons (Fsp3) is 0. The second kappa shape index (κ2) is 3.17. The van der Waals surface area contributed by atoms with Gasteiger partial charge in [-0.2, -0.15) is 0 Å². The highest BCUT2D eigenvalue weighted by atomic mass is 19.1. The van der Waals surface area contributed by atoms with Gasteiger partial charge in [0, 0.05) is 16.8 Å². The van der Waals surface area contributed by atoms with E-state index in [-0.39, 0.29) is 5.57 Å². The first kappa shape index (κ1) is 8.46. The molecule has 0 fully saturated rings. The van der Waals surface area contributed by atoms with Crippen molar-refractivity contribution in [3.63, 3.8) is 0 Å². The van der Waals surface area contributed by atoms with Crippen molar-refractivity contribution in [2.75, 3.05) is 5.73 Å². The fourth-order valence-corrected chi connectivity index (χ4v) is 0.870. The number of rotatable bonds is 2. The van der Waals surface area contributed by atoms with E-state index in [1.165, 1.54) is 18.2 Å². The molecule has 0 saturated heterocycles. The van der Waals surface area contributed by atoms with Gasteiger partial charge in [0.05, 0.1) is 0 Å². The first-order valence-corrected chi connectivity index (χ1v) is 3.34. The Kier molecular flexibility index (Phi) is 2.24. The van der Waals surface area contributed by atoms with Gasteiger partial charge in [-0.1, -0.05) is 6.58 Å². The monoisotopic (exact) mass is 165 g/mol. The Bertz CT molecular complexity index is 333. The summed E-state index contributed by atoms with van der Waals surface area (Å²) in [7, 11) is 0. The summed E-state index contributed by atoms with van der Waals surface area (Å²) in [5.41, 5.74) is 6.37. The number of nitrogen functional groups attached to an aromatic ring is 1. The van der Waals surface area contributed by atoms with Crippen LogP contribution in [0.5, 0.6) is 0 Å². The van der Waals surface area contributed by atoms with Crippen LogP contribution in [-0.2, 0) is 4.79 Å². The SMILES string of the molecule is C=C(C=O)c1cc(F)ccc1N. The van der Waals surface area contributed by atoms with E-state index < -0.39 is 5.82 Å². The molecule has 1 rings (SSSR count). The highest BCUT2D eigenvalue weighted by molar-refractivity contribution is 6.07. The van der Waals surface area contributed by atoms with Gasteiger partial charge in [0.2, 0.25) is 0 Å². The molecule has 0 spiro atoms. The molecule has 0 aromatic heterocycles. The van der Waals surface area contributed by atoms with Crippen LogP contribution in [0, 0.1) is 5.82 Å². The molecule has 1 aromatic carbocycles. The van der Waals surface area contributed by atoms with Crippen molar-refractivity contribution in [1.82, 2.24) is 0 Å². The molecule has 62 valence electrons. The third-order valence-electron chi connectivity index (χ3n) is 1.50. The summed E-state index contributed by atoms with van der Waals surface area (Å²) in [4.78, 5) is 10.3. The average Bonchev–Trinajstić information content (AvgIpc) is 2.08. The summed E-state index contributed by atoms with van der Waals surface area (Å²) in [6.07, 6.45) is 0.547. The standard InChI is InChI=1S/C9H8FNO/c1-6(5-12)8-4-7(10)2-3-9(8)11/h2-5H,1,11H2. The minimum absolute atomic E-state index is 0.187. The number of allylic oxidation sites excluding steroid dienone is 1. The molecule has 0 atom stereocenters. The summed E-state index contributed by atoms with van der Waals surface area (Å²) in [5, 5.41) is 0. The van der Waals surface area contributed by atoms with Crippen LogP contribution in [0.2, 0.25) is 0 Å². The summed E-state index contributed by atoms with van der Waals surface area (Å²) >= 11 is 0. The lowest BCUT2D eigenvalue weighted by Gasteiger charge is -2.02. The van der Waals surface area contributed by atoms with E-state index in [4.69, 9.17) is 5.73 Å². The summed E-state index contributed by atoms with van der Waals surface area (Å²) < 4.78 is 12.6. The van der Waals surface area contributed by atoms with Crippen molar-refractivity contribution in [1.29, 1.82) is 0 Å². The maximum absolute atomic E-state index is 12.6. The van der Waals surface area contributed by atoms with Gasteiger partial charge >= 0.3 is 0 Å². The Hall–Kier alpha value is -1.64. The van der Waals surface area contributed by atoms with Crippen molar-refractivity contribution in [2.24, 2.45) is 0 Å². The molecule has 0 aliphatic heterocycles. The fourth-order valence-electron chi connectivity index (χ4n) is 0.870. The minimum Gasteiger partial charge on any atom is -0.398 e. The highest BCUT2D eigenvalue weighted by Gasteiger charge is 2.03. The molecule has 0 aliphatic carbocycles. The zero-order valence-electron chi connectivity index (χ0n) is 6.38. The van der Waals surface area contributed by atoms with Gasteiger partial charge in [-0.15, -0.1) is 0 Å². The molecular formula is C9H8FNO. The lowest BCUT2D eigenvalue weighted by Crippen LogP contribution is -1.94. The Labute approximate surface area is 69.5 Å². The lowest BCUT2D eigenvalue weighted by atomic mass is 10.1. The Balaban J connectivity index is 3.22. The molecule has 1 aromatic rings. The van der Waals surface area contributed by atoms with E-state index in [9.17, 15) is 9.18 Å². The third-order valence-corrected chi connectivity index (χ3v) is 1.50. The molecule has 2 nitrogen and oxygen atoms in total. The summed E-state index contributed by atoms with van der Waals surface area (Å²) in [6, 6.07) is 3.82. The molecular weight excluding hydrogens is 157 g/mol. The van der Waals surface area contributed by atoms with Gasteiger partial charge in [-0.3, -0.25) is 4.79 Å². The van der Waals surface area contributed by atoms with Gasteiger partial charge in [0.1, 0.15) is 12.1 Å². The predicted octanol–water partition coefficient (Wildman–Crippen LogP) is 1.62. The van der Waals surface area contributed by atoms with Crippen LogP contribution in [0.3, 0.4) is 0 Å². The van der Waals surface area contributed by atoms with E-state index in [0.717, 1.165) is 0 Å². The number of hydrogen-bond donors (Lipinski definition) is 1. The van der Waals surface area contributed by atoms with Crippen LogP contribution in [0.25, 0.3) is 5.57 Å². The first-order valence-electron chi connectivity index (χ1n) is 3.34. The van der Waals surface area contributed by atoms with Gasteiger partial charge < -0.3 is 5.73 Å². The van der Waals surface area contributed by atoms with Crippen LogP contribution in [-0.4, -0.2) is 6.29 Å². The van der Waals surface area contributed by atoms with Crippen molar-refractivity contribution >= 4 is 17.5 Å². The largest absolute Gasteiger partial charge is 0.398 e. The number of aldehydes is 1. The second-order valence-electron chi connectivity index (χ2n) is 2.37. The topological polar surface area (TPSA) is 43.1 Å². The molecule has 0 radical (unpaired) electrons. The van der Waals surface area contributed by atoms with Gasteiger partial charge in [0.15, 0.2) is 0 Å². The van der Waals surface area contributed by atoms with Gasteiger partial charge in [-0.25, -0.2) is 4.39 Å². The normalized spacial score (nSPS) is 9.42. The molecule has 0 bridgehead atoms. The van der Waals surface area contributed by atoms with Crippen LogP contribution in [0.1, 0.15) is 5.56 Å². The number of carbonyl (C=O) groups is 1. The van der Waals surface area contributed by atoms with Gasteiger partial charge in [-0.05, 0) is 18.2 Å². The van der Waals surface area contributed by atoms with E-state index in [0.29, 0.717) is 17.5 Å². The van der Waals surface area contributed by atoms with Gasteiger partial charge in [0.25, 0.3) is 0 Å². The van der Waals surface area contributed by atoms with E-state index >= 15 is 0 Å². The van der Waals surface area contributed by atoms with E-state index in [1.54, 1.807) is 0 Å². The number of nitrogens with two attached hydrogens (primary N) is 1. The lowest BCUT2D eigenvalue weighted by molar-refractivity contribution is -0.103. The summed E-state index contributed by atoms with van der Waals surface area (Å²) in [6.45, 7) is 3.43. The second-order valence-corrected chi connectivity index (χ2v) is 2.37. The number of benzene rings is 1. The predicted molar refractivity (Wildman–Crippen MR) is 45.9 cm³/mol. The number of halogens is 1. The zero-order valence-corrected chi connectivity index (χ0v) is 6.38. The Morgan fingerprint density at radius 2 is 2.25 bits per heavy atom. The maximum atomic E-state index is 12.6. The molecule has 0 amide bonds. The third kappa shape index (κ3) is 1.50. The molecule has 12 heavy (non-hydrogen) atoms. The van der Waals surface area contributed by atoms with E-state index in [2.05, 4.69) is 6.58 Å². The van der Waals surface area contributed by atoms with E-state index in [1.807, 2.05) is 0 Å². The molecule has 0 aliphatic rings. The summed E-state index contributed by atoms with van der Waals surface area (Å²) in [5.74, 6) is -0.429. The van der Waals surface area contributed by atoms with Crippen LogP contribution < -0.4 is 5.73 Å². The maximum Gasteiger partial charge on any atom is 0.150 e. The average molecular weight is 165 g/mol. The molecule has 0 unspecified atom stereocenters. The van der Waals surface area contributed by atoms with Crippen molar-refractivity contribution in [3.8, 4) is 0 Å². The van der Waals surface area contributed by atoms with Crippen molar-refractivity contribution in [3.05, 3.63) is 36.2 Å². The molecule has 0 heterocycles. The van der Waals surface area contributed by atoms with Crippen molar-refractivity contribution < 1.29 is 9.18 Å². The smallest absolute Gasteiger partial charge is 0.150 e. The van der Waals surface area contributed by atoms with Crippen LogP contribution >= 0.6 is 0 Å². The molecule has 2 N–H and O–H groups in total. The number of carbonyl (C=O) groups excluding carboxylic acids is 1. The number of anilines is 1. The van der Waals surface area contributed by atoms with Crippen LogP contribution in [0.4, 0.5) is 10.1 Å². The minimum atomic E-state index is -0.429. The van der Waals surface area contributed by atoms with Crippen LogP contribution in [0.15, 0.2) is 24.8 Å². The molecule has 0 saturated carbocycles.